The summed E-state index contributed by atoms with van der Waals surface area (Å²) in [4.78, 5) is 0. The molecule has 11 heavy (non-hydrogen) atoms. The lowest BCUT2D eigenvalue weighted by Crippen LogP contribution is -2.31. The SMILES string of the molecule is CC.CCCC(C)NC(C)C. The van der Waals surface area contributed by atoms with Crippen LogP contribution in [0.2, 0.25) is 0 Å². The van der Waals surface area contributed by atoms with E-state index in [-0.39, 0.29) is 0 Å². The first-order valence-corrected chi connectivity index (χ1v) is 4.92. The Bertz CT molecular complexity index is 59.9. The topological polar surface area (TPSA) is 12.0 Å². The minimum Gasteiger partial charge on any atom is -0.312 e. The third kappa shape index (κ3) is 13.0. The molecule has 0 fully saturated rings. The molecule has 0 bridgehead atoms. The van der Waals surface area contributed by atoms with Gasteiger partial charge in [-0.05, 0) is 13.3 Å². The smallest absolute Gasteiger partial charge is 0.00409 e. The van der Waals surface area contributed by atoms with Gasteiger partial charge in [-0.1, -0.05) is 41.0 Å². The molecule has 0 aliphatic heterocycles. The fourth-order valence-electron chi connectivity index (χ4n) is 1.09. The van der Waals surface area contributed by atoms with E-state index in [2.05, 4.69) is 33.0 Å². The maximum absolute atomic E-state index is 3.44. The first-order chi connectivity index (χ1) is 5.16. The Kier molecular flexibility index (Phi) is 12.3. The van der Waals surface area contributed by atoms with Crippen molar-refractivity contribution in [3.05, 3.63) is 0 Å². The van der Waals surface area contributed by atoms with Crippen molar-refractivity contribution in [2.75, 3.05) is 0 Å². The summed E-state index contributed by atoms with van der Waals surface area (Å²) in [5, 5.41) is 3.44. The molecule has 0 aromatic rings. The number of hydrogen-bond donors (Lipinski definition) is 1. The maximum Gasteiger partial charge on any atom is 0.00409 e. The zero-order valence-corrected chi connectivity index (χ0v) is 9.07. The Morgan fingerprint density at radius 3 is 1.82 bits per heavy atom. The standard InChI is InChI=1S/C8H19N.C2H6/c1-5-6-8(4)9-7(2)3;1-2/h7-9H,5-6H2,1-4H3;1-2H3. The van der Waals surface area contributed by atoms with Crippen LogP contribution >= 0.6 is 0 Å². The van der Waals surface area contributed by atoms with Crippen molar-refractivity contribution in [3.63, 3.8) is 0 Å². The van der Waals surface area contributed by atoms with Crippen LogP contribution in [-0.2, 0) is 0 Å². The lowest BCUT2D eigenvalue weighted by atomic mass is 10.2. The average Bonchev–Trinajstić information content (AvgIpc) is 1.91. The summed E-state index contributed by atoms with van der Waals surface area (Å²) in [7, 11) is 0. The molecule has 0 amide bonds. The van der Waals surface area contributed by atoms with Gasteiger partial charge in [-0.3, -0.25) is 0 Å². The number of rotatable bonds is 4. The Balaban J connectivity index is 0. The highest BCUT2D eigenvalue weighted by atomic mass is 14.9. The lowest BCUT2D eigenvalue weighted by molar-refractivity contribution is 0.462. The van der Waals surface area contributed by atoms with Gasteiger partial charge in [0.1, 0.15) is 0 Å². The molecule has 0 saturated carbocycles. The molecule has 1 nitrogen and oxygen atoms in total. The van der Waals surface area contributed by atoms with Crippen LogP contribution in [-0.4, -0.2) is 12.1 Å². The van der Waals surface area contributed by atoms with E-state index < -0.39 is 0 Å². The van der Waals surface area contributed by atoms with E-state index in [9.17, 15) is 0 Å². The van der Waals surface area contributed by atoms with Crippen LogP contribution in [0.4, 0.5) is 0 Å². The van der Waals surface area contributed by atoms with Crippen LogP contribution in [0, 0.1) is 0 Å². The predicted octanol–water partition coefficient (Wildman–Crippen LogP) is 3.20. The van der Waals surface area contributed by atoms with Crippen molar-refractivity contribution in [2.45, 2.75) is 66.5 Å². The Morgan fingerprint density at radius 2 is 1.55 bits per heavy atom. The lowest BCUT2D eigenvalue weighted by Gasteiger charge is -2.15. The molecule has 0 rings (SSSR count). The van der Waals surface area contributed by atoms with Gasteiger partial charge in [-0.15, -0.1) is 0 Å². The summed E-state index contributed by atoms with van der Waals surface area (Å²) < 4.78 is 0. The minimum atomic E-state index is 0.631. The summed E-state index contributed by atoms with van der Waals surface area (Å²) >= 11 is 0. The molecule has 0 aromatic heterocycles. The van der Waals surface area contributed by atoms with Crippen LogP contribution in [0.3, 0.4) is 0 Å². The monoisotopic (exact) mass is 159 g/mol. The van der Waals surface area contributed by atoms with Crippen molar-refractivity contribution in [2.24, 2.45) is 0 Å². The van der Waals surface area contributed by atoms with Gasteiger partial charge in [0.2, 0.25) is 0 Å². The normalized spacial score (nSPS) is 12.3. The average molecular weight is 159 g/mol. The van der Waals surface area contributed by atoms with E-state index >= 15 is 0 Å². The van der Waals surface area contributed by atoms with E-state index in [1.165, 1.54) is 12.8 Å². The first-order valence-electron chi connectivity index (χ1n) is 4.92. The van der Waals surface area contributed by atoms with Crippen molar-refractivity contribution >= 4 is 0 Å². The molecular formula is C10H25N. The summed E-state index contributed by atoms with van der Waals surface area (Å²) in [6.07, 6.45) is 2.57. The van der Waals surface area contributed by atoms with Gasteiger partial charge >= 0.3 is 0 Å². The number of nitrogens with one attached hydrogen (secondary N) is 1. The van der Waals surface area contributed by atoms with Gasteiger partial charge < -0.3 is 5.32 Å². The second-order valence-electron chi connectivity index (χ2n) is 3.01. The highest BCUT2D eigenvalue weighted by Gasteiger charge is 1.99. The van der Waals surface area contributed by atoms with Gasteiger partial charge in [0.05, 0.1) is 0 Å². The van der Waals surface area contributed by atoms with E-state index in [1.807, 2.05) is 13.8 Å². The van der Waals surface area contributed by atoms with Gasteiger partial charge in [-0.2, -0.15) is 0 Å². The van der Waals surface area contributed by atoms with Crippen LogP contribution in [0.25, 0.3) is 0 Å². The maximum atomic E-state index is 3.44. The third-order valence-electron chi connectivity index (χ3n) is 1.34. The highest BCUT2D eigenvalue weighted by molar-refractivity contribution is 4.61. The molecule has 1 N–H and O–H groups in total. The van der Waals surface area contributed by atoms with E-state index in [4.69, 9.17) is 0 Å². The van der Waals surface area contributed by atoms with E-state index in [0.29, 0.717) is 12.1 Å². The van der Waals surface area contributed by atoms with Gasteiger partial charge in [0, 0.05) is 12.1 Å². The van der Waals surface area contributed by atoms with Crippen molar-refractivity contribution < 1.29 is 0 Å². The zero-order valence-electron chi connectivity index (χ0n) is 9.07. The molecule has 1 unspecified atom stereocenters. The fraction of sp³-hybridized carbons (Fsp3) is 1.00. The zero-order chi connectivity index (χ0) is 9.28. The van der Waals surface area contributed by atoms with Gasteiger partial charge in [0.25, 0.3) is 0 Å². The van der Waals surface area contributed by atoms with Crippen LogP contribution in [0.15, 0.2) is 0 Å². The molecule has 1 heteroatoms. The molecule has 0 aromatic carbocycles. The largest absolute Gasteiger partial charge is 0.312 e. The first kappa shape index (κ1) is 13.5. The molecule has 70 valence electrons. The molecule has 0 spiro atoms. The molecule has 0 aliphatic carbocycles. The van der Waals surface area contributed by atoms with Crippen LogP contribution in [0.5, 0.6) is 0 Å². The quantitative estimate of drug-likeness (QED) is 0.664. The highest BCUT2D eigenvalue weighted by Crippen LogP contribution is 1.95. The van der Waals surface area contributed by atoms with E-state index in [0.717, 1.165) is 0 Å². The fourth-order valence-corrected chi connectivity index (χ4v) is 1.09. The van der Waals surface area contributed by atoms with Crippen molar-refractivity contribution in [3.8, 4) is 0 Å². The second kappa shape index (κ2) is 9.96. The Hall–Kier alpha value is -0.0400. The third-order valence-corrected chi connectivity index (χ3v) is 1.34. The van der Waals surface area contributed by atoms with Gasteiger partial charge in [-0.25, -0.2) is 0 Å². The predicted molar refractivity (Wildman–Crippen MR) is 54.0 cm³/mol. The van der Waals surface area contributed by atoms with Crippen LogP contribution < -0.4 is 5.32 Å². The molecule has 0 saturated heterocycles. The molecule has 0 aliphatic rings. The van der Waals surface area contributed by atoms with Crippen molar-refractivity contribution in [1.82, 2.24) is 5.32 Å². The molecule has 1 atom stereocenters. The van der Waals surface area contributed by atoms with Crippen LogP contribution in [0.1, 0.15) is 54.4 Å². The second-order valence-corrected chi connectivity index (χ2v) is 3.01. The summed E-state index contributed by atoms with van der Waals surface area (Å²) in [5.74, 6) is 0. The Morgan fingerprint density at radius 1 is 1.09 bits per heavy atom. The number of hydrogen-bond acceptors (Lipinski definition) is 1. The van der Waals surface area contributed by atoms with E-state index in [1.54, 1.807) is 0 Å². The molecule has 0 heterocycles. The minimum absolute atomic E-state index is 0.631. The van der Waals surface area contributed by atoms with Gasteiger partial charge in [0.15, 0.2) is 0 Å². The summed E-state index contributed by atoms with van der Waals surface area (Å²) in [5.41, 5.74) is 0. The molecular weight excluding hydrogens is 134 g/mol. The Labute approximate surface area is 72.6 Å². The molecule has 0 radical (unpaired) electrons. The summed E-state index contributed by atoms with van der Waals surface area (Å²) in [6.45, 7) is 12.8. The summed E-state index contributed by atoms with van der Waals surface area (Å²) in [6, 6.07) is 1.32. The van der Waals surface area contributed by atoms with Crippen molar-refractivity contribution in [1.29, 1.82) is 0 Å².